The molecule has 0 radical (unpaired) electrons. The molecule has 1 aromatic carbocycles. The van der Waals surface area contributed by atoms with Gasteiger partial charge >= 0.3 is 0 Å². The van der Waals surface area contributed by atoms with Gasteiger partial charge in [-0.05, 0) is 30.7 Å². The van der Waals surface area contributed by atoms with Crippen molar-refractivity contribution >= 4 is 11.7 Å². The van der Waals surface area contributed by atoms with Gasteiger partial charge in [0.2, 0.25) is 0 Å². The maximum absolute atomic E-state index is 12.9. The summed E-state index contributed by atoms with van der Waals surface area (Å²) in [7, 11) is 0. The third kappa shape index (κ3) is 3.65. The Balaban J connectivity index is 2.70. The molecule has 0 saturated heterocycles. The van der Waals surface area contributed by atoms with Crippen molar-refractivity contribution in [2.45, 2.75) is 27.7 Å². The molecule has 1 aromatic rings. The summed E-state index contributed by atoms with van der Waals surface area (Å²) in [6.07, 6.45) is 0. The number of halogens is 1. The average Bonchev–Trinajstić information content (AvgIpc) is 2.24. The summed E-state index contributed by atoms with van der Waals surface area (Å²) in [4.78, 5) is 23.5. The van der Waals surface area contributed by atoms with Crippen LogP contribution in [0.3, 0.4) is 0 Å². The molecule has 1 rings (SSSR count). The molecule has 0 aromatic heterocycles. The van der Waals surface area contributed by atoms with E-state index in [1.807, 2.05) is 0 Å². The number of nitrogens with one attached hydrogen (secondary N) is 1. The Hall–Kier alpha value is -1.71. The van der Waals surface area contributed by atoms with Gasteiger partial charge in [-0.25, -0.2) is 4.39 Å². The maximum atomic E-state index is 12.9. The van der Waals surface area contributed by atoms with Gasteiger partial charge in [0.05, 0.1) is 6.54 Å². The van der Waals surface area contributed by atoms with E-state index in [4.69, 9.17) is 0 Å². The molecule has 0 aliphatic rings. The highest BCUT2D eigenvalue weighted by Crippen LogP contribution is 2.14. The Bertz CT molecular complexity index is 475. The fraction of sp³-hybridized carbons (Fsp3) is 0.429. The Morgan fingerprint density at radius 2 is 1.89 bits per heavy atom. The molecule has 0 atom stereocenters. The highest BCUT2D eigenvalue weighted by Gasteiger charge is 2.21. The van der Waals surface area contributed by atoms with Gasteiger partial charge < -0.3 is 5.32 Å². The van der Waals surface area contributed by atoms with Crippen molar-refractivity contribution in [3.05, 3.63) is 35.1 Å². The summed E-state index contributed by atoms with van der Waals surface area (Å²) >= 11 is 0. The summed E-state index contributed by atoms with van der Waals surface area (Å²) in [6, 6.07) is 3.94. The van der Waals surface area contributed by atoms with Crippen LogP contribution in [0, 0.1) is 18.2 Å². The van der Waals surface area contributed by atoms with Crippen LogP contribution in [0.5, 0.6) is 0 Å². The number of benzene rings is 1. The SMILES string of the molecule is Cc1cc(F)ccc1C(=O)NCC(=O)C(C)(C)C. The van der Waals surface area contributed by atoms with E-state index in [-0.39, 0.29) is 24.1 Å². The zero-order chi connectivity index (χ0) is 13.9. The third-order valence-corrected chi connectivity index (χ3v) is 2.68. The lowest BCUT2D eigenvalue weighted by Crippen LogP contribution is -2.35. The molecule has 0 fully saturated rings. The van der Waals surface area contributed by atoms with E-state index < -0.39 is 5.41 Å². The fourth-order valence-corrected chi connectivity index (χ4v) is 1.40. The number of ketones is 1. The number of hydrogen-bond acceptors (Lipinski definition) is 2. The summed E-state index contributed by atoms with van der Waals surface area (Å²) in [5.74, 6) is -0.782. The maximum Gasteiger partial charge on any atom is 0.251 e. The lowest BCUT2D eigenvalue weighted by atomic mass is 9.91. The predicted molar refractivity (Wildman–Crippen MR) is 67.9 cm³/mol. The van der Waals surface area contributed by atoms with E-state index in [2.05, 4.69) is 5.32 Å². The smallest absolute Gasteiger partial charge is 0.251 e. The molecule has 0 unspecified atom stereocenters. The molecular formula is C14H18FNO2. The van der Waals surface area contributed by atoms with Gasteiger partial charge in [0.15, 0.2) is 5.78 Å². The van der Waals surface area contributed by atoms with Crippen molar-refractivity contribution in [2.24, 2.45) is 5.41 Å². The minimum Gasteiger partial charge on any atom is -0.345 e. The van der Waals surface area contributed by atoms with Crippen molar-refractivity contribution in [1.29, 1.82) is 0 Å². The molecule has 18 heavy (non-hydrogen) atoms. The standard InChI is InChI=1S/C14H18FNO2/c1-9-7-10(15)5-6-11(9)13(18)16-8-12(17)14(2,3)4/h5-7H,8H2,1-4H3,(H,16,18). The van der Waals surface area contributed by atoms with Crippen molar-refractivity contribution < 1.29 is 14.0 Å². The first kappa shape index (κ1) is 14.4. The van der Waals surface area contributed by atoms with Crippen molar-refractivity contribution in [1.82, 2.24) is 5.32 Å². The van der Waals surface area contributed by atoms with E-state index in [0.29, 0.717) is 11.1 Å². The molecule has 1 N–H and O–H groups in total. The molecule has 0 saturated carbocycles. The second kappa shape index (κ2) is 5.29. The number of rotatable bonds is 3. The lowest BCUT2D eigenvalue weighted by Gasteiger charge is -2.17. The summed E-state index contributed by atoms with van der Waals surface area (Å²) in [5, 5.41) is 2.55. The molecule has 0 heterocycles. The zero-order valence-corrected chi connectivity index (χ0v) is 11.1. The molecular weight excluding hydrogens is 233 g/mol. The van der Waals surface area contributed by atoms with Crippen molar-refractivity contribution in [3.8, 4) is 0 Å². The first-order valence-corrected chi connectivity index (χ1v) is 5.79. The van der Waals surface area contributed by atoms with Gasteiger partial charge in [-0.15, -0.1) is 0 Å². The summed E-state index contributed by atoms with van der Waals surface area (Å²) in [5.41, 5.74) is 0.458. The van der Waals surface area contributed by atoms with E-state index in [1.54, 1.807) is 27.7 Å². The molecule has 98 valence electrons. The predicted octanol–water partition coefficient (Wildman–Crippen LogP) is 2.48. The van der Waals surface area contributed by atoms with Gasteiger partial charge in [-0.3, -0.25) is 9.59 Å². The van der Waals surface area contributed by atoms with Gasteiger partial charge in [0.25, 0.3) is 5.91 Å². The number of aryl methyl sites for hydroxylation is 1. The van der Waals surface area contributed by atoms with E-state index in [0.717, 1.165) is 0 Å². The second-order valence-electron chi connectivity index (χ2n) is 5.32. The van der Waals surface area contributed by atoms with E-state index in [1.165, 1.54) is 18.2 Å². The highest BCUT2D eigenvalue weighted by molar-refractivity contribution is 5.98. The van der Waals surface area contributed by atoms with Crippen LogP contribution in [0.15, 0.2) is 18.2 Å². The van der Waals surface area contributed by atoms with Crippen LogP contribution in [-0.4, -0.2) is 18.2 Å². The van der Waals surface area contributed by atoms with E-state index in [9.17, 15) is 14.0 Å². The van der Waals surface area contributed by atoms with Crippen LogP contribution in [0.2, 0.25) is 0 Å². The first-order chi connectivity index (χ1) is 8.21. The van der Waals surface area contributed by atoms with Crippen LogP contribution in [-0.2, 0) is 4.79 Å². The largest absolute Gasteiger partial charge is 0.345 e. The molecule has 0 aliphatic heterocycles. The zero-order valence-electron chi connectivity index (χ0n) is 11.1. The second-order valence-corrected chi connectivity index (χ2v) is 5.32. The molecule has 0 aliphatic carbocycles. The molecule has 0 spiro atoms. The van der Waals surface area contributed by atoms with Gasteiger partial charge in [0, 0.05) is 11.0 Å². The number of carbonyl (C=O) groups is 2. The van der Waals surface area contributed by atoms with Crippen LogP contribution in [0.25, 0.3) is 0 Å². The number of Topliss-reactive ketones (excluding diaryl/α,β-unsaturated/α-hetero) is 1. The fourth-order valence-electron chi connectivity index (χ4n) is 1.40. The third-order valence-electron chi connectivity index (χ3n) is 2.68. The van der Waals surface area contributed by atoms with Crippen molar-refractivity contribution in [2.75, 3.05) is 6.54 Å². The Labute approximate surface area is 106 Å². The number of hydrogen-bond donors (Lipinski definition) is 1. The minimum atomic E-state index is -0.481. The molecule has 3 nitrogen and oxygen atoms in total. The first-order valence-electron chi connectivity index (χ1n) is 5.79. The van der Waals surface area contributed by atoms with Crippen LogP contribution in [0.1, 0.15) is 36.7 Å². The minimum absolute atomic E-state index is 0.0147. The molecule has 4 heteroatoms. The van der Waals surface area contributed by atoms with Gasteiger partial charge in [0.1, 0.15) is 5.82 Å². The number of carbonyl (C=O) groups excluding carboxylic acids is 2. The normalized spacial score (nSPS) is 11.2. The Morgan fingerprint density at radius 3 is 2.39 bits per heavy atom. The summed E-state index contributed by atoms with van der Waals surface area (Å²) < 4.78 is 12.9. The quantitative estimate of drug-likeness (QED) is 0.897. The summed E-state index contributed by atoms with van der Waals surface area (Å²) in [6.45, 7) is 7.03. The molecule has 0 bridgehead atoms. The van der Waals surface area contributed by atoms with Gasteiger partial charge in [-0.1, -0.05) is 20.8 Å². The highest BCUT2D eigenvalue weighted by atomic mass is 19.1. The Kier molecular flexibility index (Phi) is 4.22. The molecule has 1 amide bonds. The Morgan fingerprint density at radius 1 is 1.28 bits per heavy atom. The van der Waals surface area contributed by atoms with Crippen LogP contribution in [0.4, 0.5) is 4.39 Å². The van der Waals surface area contributed by atoms with E-state index >= 15 is 0 Å². The number of amides is 1. The lowest BCUT2D eigenvalue weighted by molar-refractivity contribution is -0.125. The van der Waals surface area contributed by atoms with Crippen LogP contribution < -0.4 is 5.32 Å². The van der Waals surface area contributed by atoms with Crippen LogP contribution >= 0.6 is 0 Å². The topological polar surface area (TPSA) is 46.2 Å². The van der Waals surface area contributed by atoms with Gasteiger partial charge in [-0.2, -0.15) is 0 Å². The van der Waals surface area contributed by atoms with Crippen molar-refractivity contribution in [3.63, 3.8) is 0 Å². The average molecular weight is 251 g/mol. The monoisotopic (exact) mass is 251 g/mol.